The summed E-state index contributed by atoms with van der Waals surface area (Å²) >= 11 is 3.49. The molecule has 0 spiro atoms. The van der Waals surface area contributed by atoms with Gasteiger partial charge in [-0.15, -0.1) is 0 Å². The summed E-state index contributed by atoms with van der Waals surface area (Å²) in [5.41, 5.74) is 1.19. The van der Waals surface area contributed by atoms with Crippen molar-refractivity contribution in [2.75, 3.05) is 32.2 Å². The van der Waals surface area contributed by atoms with Crippen molar-refractivity contribution in [1.82, 2.24) is 4.98 Å². The summed E-state index contributed by atoms with van der Waals surface area (Å²) in [6.07, 6.45) is 2.05. The number of hydrogen-bond acceptors (Lipinski definition) is 4. The quantitative estimate of drug-likeness (QED) is 0.795. The summed E-state index contributed by atoms with van der Waals surface area (Å²) in [5.74, 6) is 1.02. The fraction of sp³-hybridized carbons (Fsp3) is 0.583. The molecule has 2 heterocycles. The van der Waals surface area contributed by atoms with Crippen LogP contribution in [0.1, 0.15) is 5.56 Å². The SMILES string of the molecule is COC1CN(c2ncccc2CBr)CC1OC. The fourth-order valence-corrected chi connectivity index (χ4v) is 2.63. The highest BCUT2D eigenvalue weighted by Gasteiger charge is 2.34. The topological polar surface area (TPSA) is 34.6 Å². The van der Waals surface area contributed by atoms with E-state index in [1.165, 1.54) is 5.56 Å². The Hall–Kier alpha value is -0.650. The molecular weight excluding hydrogens is 284 g/mol. The van der Waals surface area contributed by atoms with Crippen LogP contribution >= 0.6 is 15.9 Å². The number of nitrogens with zero attached hydrogens (tertiary/aromatic N) is 2. The van der Waals surface area contributed by atoms with Crippen LogP contribution < -0.4 is 4.90 Å². The molecular formula is C12H17BrN2O2. The Labute approximate surface area is 110 Å². The van der Waals surface area contributed by atoms with Crippen LogP contribution in [0.25, 0.3) is 0 Å². The molecule has 1 aliphatic heterocycles. The molecule has 5 heteroatoms. The van der Waals surface area contributed by atoms with Crippen molar-refractivity contribution in [2.45, 2.75) is 17.5 Å². The van der Waals surface area contributed by atoms with Gasteiger partial charge in [0.15, 0.2) is 0 Å². The lowest BCUT2D eigenvalue weighted by molar-refractivity contribution is -0.00461. The Morgan fingerprint density at radius 1 is 1.35 bits per heavy atom. The second kappa shape index (κ2) is 5.80. The maximum absolute atomic E-state index is 5.43. The van der Waals surface area contributed by atoms with E-state index in [-0.39, 0.29) is 12.2 Å². The van der Waals surface area contributed by atoms with Gasteiger partial charge in [-0.3, -0.25) is 0 Å². The molecule has 4 nitrogen and oxygen atoms in total. The van der Waals surface area contributed by atoms with Gasteiger partial charge in [-0.25, -0.2) is 4.98 Å². The number of rotatable bonds is 4. The molecule has 1 aliphatic rings. The number of aromatic nitrogens is 1. The van der Waals surface area contributed by atoms with Gasteiger partial charge in [-0.05, 0) is 6.07 Å². The molecule has 2 unspecified atom stereocenters. The van der Waals surface area contributed by atoms with Crippen molar-refractivity contribution in [1.29, 1.82) is 0 Å². The zero-order chi connectivity index (χ0) is 12.3. The average Bonchev–Trinajstić information content (AvgIpc) is 2.81. The number of pyridine rings is 1. The van der Waals surface area contributed by atoms with Gasteiger partial charge < -0.3 is 14.4 Å². The number of hydrogen-bond donors (Lipinski definition) is 0. The molecule has 2 rings (SSSR count). The molecule has 0 amide bonds. The third-order valence-corrected chi connectivity index (χ3v) is 3.74. The number of methoxy groups -OCH3 is 2. The Bertz CT molecular complexity index is 363. The highest BCUT2D eigenvalue weighted by Crippen LogP contribution is 2.25. The summed E-state index contributed by atoms with van der Waals surface area (Å²) < 4.78 is 10.9. The standard InChI is InChI=1S/C12H17BrN2O2/c1-16-10-7-15(8-11(10)17-2)12-9(6-13)4-3-5-14-12/h3-5,10-11H,6-8H2,1-2H3. The third-order valence-electron chi connectivity index (χ3n) is 3.13. The monoisotopic (exact) mass is 300 g/mol. The molecule has 0 aromatic carbocycles. The van der Waals surface area contributed by atoms with E-state index in [4.69, 9.17) is 9.47 Å². The van der Waals surface area contributed by atoms with Crippen molar-refractivity contribution >= 4 is 21.7 Å². The lowest BCUT2D eigenvalue weighted by Gasteiger charge is -2.19. The van der Waals surface area contributed by atoms with Crippen LogP contribution in [0.3, 0.4) is 0 Å². The van der Waals surface area contributed by atoms with Crippen molar-refractivity contribution in [2.24, 2.45) is 0 Å². The van der Waals surface area contributed by atoms with Crippen LogP contribution in [0.2, 0.25) is 0 Å². The normalized spacial score (nSPS) is 24.3. The predicted octanol–water partition coefficient (Wildman–Crippen LogP) is 1.83. The Morgan fingerprint density at radius 2 is 2.00 bits per heavy atom. The minimum Gasteiger partial charge on any atom is -0.377 e. The highest BCUT2D eigenvalue weighted by atomic mass is 79.9. The lowest BCUT2D eigenvalue weighted by Crippen LogP contribution is -2.27. The minimum absolute atomic E-state index is 0.116. The minimum atomic E-state index is 0.116. The van der Waals surface area contributed by atoms with Crippen LogP contribution in [0.4, 0.5) is 5.82 Å². The van der Waals surface area contributed by atoms with E-state index in [1.807, 2.05) is 12.3 Å². The van der Waals surface area contributed by atoms with Gasteiger partial charge in [0.05, 0.1) is 0 Å². The zero-order valence-electron chi connectivity index (χ0n) is 10.1. The highest BCUT2D eigenvalue weighted by molar-refractivity contribution is 9.08. The first-order valence-electron chi connectivity index (χ1n) is 5.60. The second-order valence-corrected chi connectivity index (χ2v) is 4.63. The number of ether oxygens (including phenoxy) is 2. The number of halogens is 1. The zero-order valence-corrected chi connectivity index (χ0v) is 11.7. The average molecular weight is 301 g/mol. The fourth-order valence-electron chi connectivity index (χ4n) is 2.19. The largest absolute Gasteiger partial charge is 0.377 e. The van der Waals surface area contributed by atoms with E-state index in [0.29, 0.717) is 0 Å². The first-order chi connectivity index (χ1) is 8.30. The first-order valence-corrected chi connectivity index (χ1v) is 6.72. The number of alkyl halides is 1. The Morgan fingerprint density at radius 3 is 2.53 bits per heavy atom. The molecule has 17 heavy (non-hydrogen) atoms. The molecule has 2 atom stereocenters. The predicted molar refractivity (Wildman–Crippen MR) is 70.7 cm³/mol. The molecule has 1 saturated heterocycles. The van der Waals surface area contributed by atoms with Crippen LogP contribution in [-0.2, 0) is 14.8 Å². The summed E-state index contributed by atoms with van der Waals surface area (Å²) in [6, 6.07) is 4.04. The van der Waals surface area contributed by atoms with Gasteiger partial charge >= 0.3 is 0 Å². The Kier molecular flexibility index (Phi) is 4.36. The van der Waals surface area contributed by atoms with E-state index in [0.717, 1.165) is 24.2 Å². The van der Waals surface area contributed by atoms with Crippen LogP contribution in [-0.4, -0.2) is 44.5 Å². The smallest absolute Gasteiger partial charge is 0.132 e. The van der Waals surface area contributed by atoms with Crippen LogP contribution in [0.15, 0.2) is 18.3 Å². The van der Waals surface area contributed by atoms with Crippen LogP contribution in [0, 0.1) is 0 Å². The van der Waals surface area contributed by atoms with Crippen molar-refractivity contribution in [3.8, 4) is 0 Å². The first kappa shape index (κ1) is 12.8. The Balaban J connectivity index is 2.18. The molecule has 1 fully saturated rings. The summed E-state index contributed by atoms with van der Waals surface area (Å²) in [5, 5.41) is 0.808. The maximum Gasteiger partial charge on any atom is 0.132 e. The molecule has 0 aliphatic carbocycles. The van der Waals surface area contributed by atoms with E-state index < -0.39 is 0 Å². The van der Waals surface area contributed by atoms with E-state index in [1.54, 1.807) is 14.2 Å². The van der Waals surface area contributed by atoms with Gasteiger partial charge in [0.25, 0.3) is 0 Å². The molecule has 0 bridgehead atoms. The molecule has 1 aromatic heterocycles. The summed E-state index contributed by atoms with van der Waals surface area (Å²) in [4.78, 5) is 6.67. The molecule has 0 N–H and O–H groups in total. The molecule has 0 radical (unpaired) electrons. The van der Waals surface area contributed by atoms with E-state index >= 15 is 0 Å². The van der Waals surface area contributed by atoms with Crippen molar-refractivity contribution < 1.29 is 9.47 Å². The van der Waals surface area contributed by atoms with Crippen LogP contribution in [0.5, 0.6) is 0 Å². The molecule has 94 valence electrons. The number of anilines is 1. The van der Waals surface area contributed by atoms with Gasteiger partial charge in [0.1, 0.15) is 18.0 Å². The van der Waals surface area contributed by atoms with Crippen molar-refractivity contribution in [3.05, 3.63) is 23.9 Å². The maximum atomic E-state index is 5.43. The van der Waals surface area contributed by atoms with Crippen molar-refractivity contribution in [3.63, 3.8) is 0 Å². The van der Waals surface area contributed by atoms with E-state index in [2.05, 4.69) is 31.9 Å². The second-order valence-electron chi connectivity index (χ2n) is 4.07. The summed E-state index contributed by atoms with van der Waals surface area (Å²) in [6.45, 7) is 1.65. The molecule has 0 saturated carbocycles. The van der Waals surface area contributed by atoms with Gasteiger partial charge in [-0.2, -0.15) is 0 Å². The van der Waals surface area contributed by atoms with Gasteiger partial charge in [0.2, 0.25) is 0 Å². The van der Waals surface area contributed by atoms with Gasteiger partial charge in [0, 0.05) is 44.4 Å². The third kappa shape index (κ3) is 2.61. The molecule has 1 aromatic rings. The summed E-state index contributed by atoms with van der Waals surface area (Å²) in [7, 11) is 3.45. The lowest BCUT2D eigenvalue weighted by atomic mass is 10.3. The van der Waals surface area contributed by atoms with E-state index in [9.17, 15) is 0 Å². The van der Waals surface area contributed by atoms with Gasteiger partial charge in [-0.1, -0.05) is 22.0 Å².